The van der Waals surface area contributed by atoms with Gasteiger partial charge in [0.15, 0.2) is 24.8 Å². The van der Waals surface area contributed by atoms with Crippen LogP contribution in [-0.2, 0) is 18.5 Å². The van der Waals surface area contributed by atoms with Gasteiger partial charge in [-0.2, -0.15) is 0 Å². The number of aryl methyl sites for hydroxylation is 2. The van der Waals surface area contributed by atoms with Crippen LogP contribution in [0.1, 0.15) is 64.5 Å². The summed E-state index contributed by atoms with van der Waals surface area (Å²) in [5.41, 5.74) is 8.33. The van der Waals surface area contributed by atoms with Gasteiger partial charge in [-0.3, -0.25) is 0 Å². The van der Waals surface area contributed by atoms with Crippen molar-refractivity contribution in [1.82, 2.24) is 0 Å². The number of rotatable bonds is 7. The molecule has 1 aliphatic rings. The molecule has 2 heterocycles. The standard InChI is InChI=1S/C27H34N2/c1-5-7-14-28-16-11-21(12-17-28)22-9-10-23-24-13-18-29(15-8-6-2)20-26(24)27(3,4)25(23)19-22/h9-13,16-20H,5-8,14-15H2,1-4H3/q+2. The fraction of sp³-hybridized carbons (Fsp3) is 0.407. The Hall–Kier alpha value is -2.48. The number of aromatic nitrogens is 2. The molecular formula is C27H34N2+2. The van der Waals surface area contributed by atoms with Crippen LogP contribution in [0, 0.1) is 0 Å². The Morgan fingerprint density at radius 1 is 0.690 bits per heavy atom. The van der Waals surface area contributed by atoms with E-state index in [1.165, 1.54) is 59.1 Å². The van der Waals surface area contributed by atoms with E-state index in [1.807, 2.05) is 0 Å². The lowest BCUT2D eigenvalue weighted by atomic mass is 9.82. The van der Waals surface area contributed by atoms with Gasteiger partial charge in [-0.1, -0.05) is 52.7 Å². The van der Waals surface area contributed by atoms with Gasteiger partial charge in [0.1, 0.15) is 13.1 Å². The molecule has 0 bridgehead atoms. The third-order valence-electron chi connectivity index (χ3n) is 6.44. The zero-order valence-electron chi connectivity index (χ0n) is 18.4. The Morgan fingerprint density at radius 3 is 2.00 bits per heavy atom. The maximum absolute atomic E-state index is 2.41. The van der Waals surface area contributed by atoms with Gasteiger partial charge in [0.2, 0.25) is 0 Å². The molecule has 0 fully saturated rings. The number of benzene rings is 1. The summed E-state index contributed by atoms with van der Waals surface area (Å²) in [6.45, 7) is 11.4. The van der Waals surface area contributed by atoms with Gasteiger partial charge in [0.25, 0.3) is 0 Å². The Morgan fingerprint density at radius 2 is 1.31 bits per heavy atom. The van der Waals surface area contributed by atoms with Gasteiger partial charge in [0.05, 0.1) is 0 Å². The normalized spacial score (nSPS) is 13.9. The van der Waals surface area contributed by atoms with Gasteiger partial charge >= 0.3 is 0 Å². The number of hydrogen-bond acceptors (Lipinski definition) is 0. The molecule has 0 amide bonds. The Kier molecular flexibility index (Phi) is 5.54. The lowest BCUT2D eigenvalue weighted by molar-refractivity contribution is -0.697. The summed E-state index contributed by atoms with van der Waals surface area (Å²) in [6, 6.07) is 13.9. The van der Waals surface area contributed by atoms with Gasteiger partial charge < -0.3 is 0 Å². The van der Waals surface area contributed by atoms with Crippen molar-refractivity contribution in [2.24, 2.45) is 0 Å². The van der Waals surface area contributed by atoms with Crippen LogP contribution in [0.4, 0.5) is 0 Å². The van der Waals surface area contributed by atoms with Crippen molar-refractivity contribution >= 4 is 0 Å². The summed E-state index contributed by atoms with van der Waals surface area (Å²) in [4.78, 5) is 0. The average molecular weight is 387 g/mol. The highest BCUT2D eigenvalue weighted by atomic mass is 14.9. The average Bonchev–Trinajstić information content (AvgIpc) is 2.97. The molecule has 0 N–H and O–H groups in total. The largest absolute Gasteiger partial charge is 0.205 e. The van der Waals surface area contributed by atoms with Gasteiger partial charge in [0, 0.05) is 42.0 Å². The highest BCUT2D eigenvalue weighted by molar-refractivity contribution is 5.82. The molecule has 29 heavy (non-hydrogen) atoms. The monoisotopic (exact) mass is 386 g/mol. The Balaban J connectivity index is 1.67. The second-order valence-corrected chi connectivity index (χ2v) is 8.93. The predicted molar refractivity (Wildman–Crippen MR) is 120 cm³/mol. The number of nitrogens with zero attached hydrogens (tertiary/aromatic N) is 2. The summed E-state index contributed by atoms with van der Waals surface area (Å²) >= 11 is 0. The van der Waals surface area contributed by atoms with Crippen molar-refractivity contribution in [3.8, 4) is 22.3 Å². The van der Waals surface area contributed by atoms with Crippen molar-refractivity contribution in [2.75, 3.05) is 0 Å². The summed E-state index contributed by atoms with van der Waals surface area (Å²) in [6.07, 6.45) is 14.0. The first-order valence-electron chi connectivity index (χ1n) is 11.2. The quantitative estimate of drug-likeness (QED) is 0.451. The molecule has 0 spiro atoms. The summed E-state index contributed by atoms with van der Waals surface area (Å²) < 4.78 is 4.65. The fourth-order valence-electron chi connectivity index (χ4n) is 4.51. The second kappa shape index (κ2) is 8.10. The number of fused-ring (bicyclic) bond motifs is 3. The van der Waals surface area contributed by atoms with Crippen molar-refractivity contribution in [2.45, 2.75) is 71.9 Å². The van der Waals surface area contributed by atoms with Crippen LogP contribution in [-0.4, -0.2) is 0 Å². The third-order valence-corrected chi connectivity index (χ3v) is 6.44. The molecule has 4 rings (SSSR count). The Bertz CT molecular complexity index is 1000. The minimum atomic E-state index is 0.0335. The molecule has 1 aromatic carbocycles. The molecule has 0 saturated carbocycles. The molecule has 3 aromatic rings. The highest BCUT2D eigenvalue weighted by Gasteiger charge is 2.37. The molecule has 1 aliphatic carbocycles. The first kappa shape index (κ1) is 19.8. The minimum absolute atomic E-state index is 0.0335. The van der Waals surface area contributed by atoms with E-state index in [4.69, 9.17) is 0 Å². The van der Waals surface area contributed by atoms with Gasteiger partial charge in [-0.05, 0) is 33.9 Å². The summed E-state index contributed by atoms with van der Waals surface area (Å²) in [5.74, 6) is 0. The van der Waals surface area contributed by atoms with Crippen LogP contribution in [0.3, 0.4) is 0 Å². The first-order chi connectivity index (χ1) is 14.0. The van der Waals surface area contributed by atoms with Crippen LogP contribution >= 0.6 is 0 Å². The lowest BCUT2D eigenvalue weighted by Gasteiger charge is -2.20. The third kappa shape index (κ3) is 3.73. The molecule has 0 aliphatic heterocycles. The van der Waals surface area contributed by atoms with E-state index in [-0.39, 0.29) is 5.41 Å². The van der Waals surface area contributed by atoms with Crippen molar-refractivity contribution < 1.29 is 9.13 Å². The molecular weight excluding hydrogens is 352 g/mol. The SMILES string of the molecule is CCCC[n+]1ccc(-c2ccc3c(c2)C(C)(C)c2c[n+](CCCC)ccc2-3)cc1. The van der Waals surface area contributed by atoms with Crippen LogP contribution in [0.2, 0.25) is 0 Å². The van der Waals surface area contributed by atoms with Crippen LogP contribution in [0.15, 0.2) is 61.2 Å². The van der Waals surface area contributed by atoms with Crippen LogP contribution < -0.4 is 9.13 Å². The second-order valence-electron chi connectivity index (χ2n) is 8.93. The van der Waals surface area contributed by atoms with Crippen molar-refractivity contribution in [3.05, 3.63) is 72.3 Å². The maximum atomic E-state index is 2.41. The van der Waals surface area contributed by atoms with E-state index in [1.54, 1.807) is 0 Å². The van der Waals surface area contributed by atoms with Crippen LogP contribution in [0.25, 0.3) is 22.3 Å². The van der Waals surface area contributed by atoms with E-state index >= 15 is 0 Å². The fourth-order valence-corrected chi connectivity index (χ4v) is 4.51. The summed E-state index contributed by atoms with van der Waals surface area (Å²) in [5, 5.41) is 0. The minimum Gasteiger partial charge on any atom is -0.205 e. The van der Waals surface area contributed by atoms with E-state index in [0.29, 0.717) is 0 Å². The predicted octanol–water partition coefficient (Wildman–Crippen LogP) is 5.84. The lowest BCUT2D eigenvalue weighted by Crippen LogP contribution is -2.34. The Labute approximate surface area is 175 Å². The van der Waals surface area contributed by atoms with E-state index in [2.05, 4.69) is 98.0 Å². The highest BCUT2D eigenvalue weighted by Crippen LogP contribution is 2.48. The molecule has 0 radical (unpaired) electrons. The maximum Gasteiger partial charge on any atom is 0.173 e. The van der Waals surface area contributed by atoms with E-state index in [0.717, 1.165) is 13.1 Å². The van der Waals surface area contributed by atoms with Crippen molar-refractivity contribution in [3.63, 3.8) is 0 Å². The molecule has 2 heteroatoms. The molecule has 150 valence electrons. The topological polar surface area (TPSA) is 7.76 Å². The smallest absolute Gasteiger partial charge is 0.173 e. The number of unbranched alkanes of at least 4 members (excludes halogenated alkanes) is 2. The van der Waals surface area contributed by atoms with Gasteiger partial charge in [-0.15, -0.1) is 0 Å². The number of pyridine rings is 2. The summed E-state index contributed by atoms with van der Waals surface area (Å²) in [7, 11) is 0. The van der Waals surface area contributed by atoms with E-state index in [9.17, 15) is 0 Å². The first-order valence-corrected chi connectivity index (χ1v) is 11.2. The zero-order valence-corrected chi connectivity index (χ0v) is 18.4. The molecule has 0 unspecified atom stereocenters. The molecule has 2 nitrogen and oxygen atoms in total. The van der Waals surface area contributed by atoms with E-state index < -0.39 is 0 Å². The van der Waals surface area contributed by atoms with Crippen LogP contribution in [0.5, 0.6) is 0 Å². The number of hydrogen-bond donors (Lipinski definition) is 0. The van der Waals surface area contributed by atoms with Crippen molar-refractivity contribution in [1.29, 1.82) is 0 Å². The molecule has 0 saturated heterocycles. The molecule has 0 atom stereocenters. The zero-order chi connectivity index (χ0) is 20.4. The van der Waals surface area contributed by atoms with Gasteiger partial charge in [-0.25, -0.2) is 9.13 Å². The molecule has 2 aromatic heterocycles.